The number of aryl methyl sites for hydroxylation is 1. The zero-order valence-electron chi connectivity index (χ0n) is 29.1. The first-order chi connectivity index (χ1) is 23.0. The molecule has 0 radical (unpaired) electrons. The van der Waals surface area contributed by atoms with Crippen LogP contribution in [-0.4, -0.2) is 40.7 Å². The molecule has 1 aliphatic heterocycles. The van der Waals surface area contributed by atoms with Crippen molar-refractivity contribution in [3.8, 4) is 27.4 Å². The van der Waals surface area contributed by atoms with Gasteiger partial charge in [-0.3, -0.25) is 4.79 Å². The lowest BCUT2D eigenvalue weighted by atomic mass is 9.85. The number of pyridine rings is 1. The zero-order chi connectivity index (χ0) is 34.1. The maximum Gasteiger partial charge on any atom is 0.311 e. The van der Waals surface area contributed by atoms with Crippen LogP contribution in [0.3, 0.4) is 0 Å². The molecule has 1 atom stereocenters. The average Bonchev–Trinajstić information content (AvgIpc) is 3.48. The third kappa shape index (κ3) is 9.53. The van der Waals surface area contributed by atoms with Crippen molar-refractivity contribution in [3.05, 3.63) is 72.3 Å². The van der Waals surface area contributed by atoms with Gasteiger partial charge in [0.05, 0.1) is 22.6 Å². The van der Waals surface area contributed by atoms with Gasteiger partial charge in [0.1, 0.15) is 16.6 Å². The predicted octanol–water partition coefficient (Wildman–Crippen LogP) is 10.6. The van der Waals surface area contributed by atoms with E-state index in [4.69, 9.17) is 14.7 Å². The van der Waals surface area contributed by atoms with Gasteiger partial charge in [-0.25, -0.2) is 9.97 Å². The largest absolute Gasteiger partial charge is 0.494 e. The molecule has 48 heavy (non-hydrogen) atoms. The Kier molecular flexibility index (Phi) is 12.1. The summed E-state index contributed by atoms with van der Waals surface area (Å²) in [6.45, 7) is 12.5. The Morgan fingerprint density at radius 1 is 0.958 bits per heavy atom. The van der Waals surface area contributed by atoms with Crippen LogP contribution < -0.4 is 14.4 Å². The van der Waals surface area contributed by atoms with Gasteiger partial charge < -0.3 is 19.5 Å². The number of hydrogen-bond acceptors (Lipinski definition) is 8. The second-order valence-corrected chi connectivity index (χ2v) is 16.1. The lowest BCUT2D eigenvalue weighted by Crippen LogP contribution is -2.42. The standard InChI is InChI=1S/C39H50N4O3S2/c1-6-22-39(5,36(44)45)27-43-24-12-8-7-9-15-28-16-10-11-19-31(28)34-35(29-17-13-18-30(26-29)46-25-23-38(2,3)4)47-37(41-34)42-48-33-21-14-20-32(43)40-33/h10-11,13-14,16-21,26H,6-9,12,15,22-25,27H2,1-5H3,(H,41,42)(H,44,45). The van der Waals surface area contributed by atoms with E-state index < -0.39 is 11.4 Å². The summed E-state index contributed by atoms with van der Waals surface area (Å²) in [5, 5.41) is 11.8. The van der Waals surface area contributed by atoms with Crippen molar-refractivity contribution in [1.82, 2.24) is 9.97 Å². The Bertz CT molecular complexity index is 1670. The van der Waals surface area contributed by atoms with Gasteiger partial charge in [-0.05, 0) is 79.8 Å². The Morgan fingerprint density at radius 2 is 1.75 bits per heavy atom. The van der Waals surface area contributed by atoms with E-state index in [1.54, 1.807) is 11.3 Å². The molecule has 2 aromatic heterocycles. The van der Waals surface area contributed by atoms with Crippen molar-refractivity contribution in [2.24, 2.45) is 10.8 Å². The molecule has 1 unspecified atom stereocenters. The van der Waals surface area contributed by atoms with Gasteiger partial charge in [-0.2, -0.15) is 0 Å². The summed E-state index contributed by atoms with van der Waals surface area (Å²) in [5.74, 6) is 0.924. The fraction of sp³-hybridized carbons (Fsp3) is 0.462. The third-order valence-electron chi connectivity index (χ3n) is 8.87. The molecule has 4 aromatic rings. The Hall–Kier alpha value is -3.56. The normalized spacial score (nSPS) is 15.5. The maximum atomic E-state index is 12.4. The second kappa shape index (κ2) is 16.2. The van der Waals surface area contributed by atoms with Crippen LogP contribution in [0.4, 0.5) is 10.9 Å². The lowest BCUT2D eigenvalue weighted by Gasteiger charge is -2.33. The smallest absolute Gasteiger partial charge is 0.311 e. The molecule has 0 fully saturated rings. The fourth-order valence-corrected chi connectivity index (χ4v) is 7.76. The van der Waals surface area contributed by atoms with E-state index in [0.29, 0.717) is 19.6 Å². The number of anilines is 2. The van der Waals surface area contributed by atoms with Gasteiger partial charge in [-0.1, -0.05) is 101 Å². The number of fused-ring (bicyclic) bond motifs is 6. The molecule has 1 aliphatic rings. The SMILES string of the molecule is CCCC(C)(CN1CCCCCCc2ccccc2-c2nc(sc2-c2cccc(OCCC(C)(C)C)c2)NSc2cccc1n2)C(=O)O. The van der Waals surface area contributed by atoms with Crippen LogP contribution in [0.1, 0.15) is 85.1 Å². The van der Waals surface area contributed by atoms with Crippen molar-refractivity contribution in [2.45, 2.75) is 91.0 Å². The van der Waals surface area contributed by atoms with E-state index >= 15 is 0 Å². The number of nitrogens with zero attached hydrogens (tertiary/aromatic N) is 3. The van der Waals surface area contributed by atoms with Gasteiger partial charge in [0, 0.05) is 30.6 Å². The minimum Gasteiger partial charge on any atom is -0.494 e. The van der Waals surface area contributed by atoms with Crippen LogP contribution in [0.15, 0.2) is 71.8 Å². The van der Waals surface area contributed by atoms with Gasteiger partial charge >= 0.3 is 5.97 Å². The topological polar surface area (TPSA) is 87.6 Å². The first-order valence-electron chi connectivity index (χ1n) is 17.3. The number of carboxylic acids is 1. The van der Waals surface area contributed by atoms with Crippen LogP contribution in [0.2, 0.25) is 0 Å². The van der Waals surface area contributed by atoms with E-state index in [9.17, 15) is 9.90 Å². The highest BCUT2D eigenvalue weighted by Gasteiger charge is 2.35. The summed E-state index contributed by atoms with van der Waals surface area (Å²) in [6.07, 6.45) is 7.61. The second-order valence-electron chi connectivity index (χ2n) is 14.3. The first kappa shape index (κ1) is 35.7. The number of ether oxygens (including phenoxy) is 1. The number of carbonyl (C=O) groups is 1. The first-order valence-corrected chi connectivity index (χ1v) is 18.9. The Balaban J connectivity index is 1.48. The highest BCUT2D eigenvalue weighted by atomic mass is 32.2. The summed E-state index contributed by atoms with van der Waals surface area (Å²) in [4.78, 5) is 25.9. The maximum absolute atomic E-state index is 12.4. The zero-order valence-corrected chi connectivity index (χ0v) is 30.7. The summed E-state index contributed by atoms with van der Waals surface area (Å²) in [7, 11) is 0. The third-order valence-corrected chi connectivity index (χ3v) is 10.8. The monoisotopic (exact) mass is 686 g/mol. The van der Waals surface area contributed by atoms with E-state index in [-0.39, 0.29) is 5.41 Å². The molecular formula is C39H50N4O3S2. The fourth-order valence-electron chi connectivity index (χ4n) is 6.12. The van der Waals surface area contributed by atoms with Crippen LogP contribution in [0.5, 0.6) is 5.75 Å². The van der Waals surface area contributed by atoms with Crippen molar-refractivity contribution in [1.29, 1.82) is 0 Å². The molecule has 5 rings (SSSR count). The minimum absolute atomic E-state index is 0.212. The summed E-state index contributed by atoms with van der Waals surface area (Å²) >= 11 is 3.07. The molecule has 7 nitrogen and oxygen atoms in total. The van der Waals surface area contributed by atoms with Gasteiger partial charge in [0.2, 0.25) is 0 Å². The van der Waals surface area contributed by atoms with Crippen molar-refractivity contribution < 1.29 is 14.6 Å². The number of hydrogen-bond donors (Lipinski definition) is 2. The lowest BCUT2D eigenvalue weighted by molar-refractivity contribution is -0.147. The van der Waals surface area contributed by atoms with Crippen LogP contribution >= 0.6 is 23.3 Å². The van der Waals surface area contributed by atoms with Gasteiger partial charge in [0.15, 0.2) is 5.13 Å². The minimum atomic E-state index is -0.844. The number of nitrogens with one attached hydrogen (secondary N) is 1. The van der Waals surface area contributed by atoms with Crippen molar-refractivity contribution in [3.63, 3.8) is 0 Å². The molecule has 0 spiro atoms. The molecule has 3 heterocycles. The molecule has 0 aliphatic carbocycles. The van der Waals surface area contributed by atoms with Crippen LogP contribution in [0.25, 0.3) is 21.7 Å². The summed E-state index contributed by atoms with van der Waals surface area (Å²) in [5.41, 5.74) is 3.90. The predicted molar refractivity (Wildman–Crippen MR) is 201 cm³/mol. The van der Waals surface area contributed by atoms with Gasteiger partial charge in [-0.15, -0.1) is 0 Å². The molecule has 0 saturated heterocycles. The van der Waals surface area contributed by atoms with Crippen molar-refractivity contribution in [2.75, 3.05) is 29.3 Å². The summed E-state index contributed by atoms with van der Waals surface area (Å²) < 4.78 is 9.70. The number of aliphatic carboxylic acids is 1. The number of carboxylic acid groups (broad SMARTS) is 1. The highest BCUT2D eigenvalue weighted by Crippen LogP contribution is 2.42. The average molecular weight is 687 g/mol. The van der Waals surface area contributed by atoms with Crippen LogP contribution in [0, 0.1) is 10.8 Å². The molecular weight excluding hydrogens is 637 g/mol. The van der Waals surface area contributed by atoms with E-state index in [0.717, 1.165) is 89.3 Å². The molecule has 256 valence electrons. The number of aromatic nitrogens is 2. The Morgan fingerprint density at radius 3 is 2.54 bits per heavy atom. The number of benzene rings is 2. The van der Waals surface area contributed by atoms with E-state index in [1.807, 2.05) is 38.1 Å². The molecule has 0 saturated carbocycles. The number of thiazole rings is 1. The number of rotatable bonds is 9. The summed E-state index contributed by atoms with van der Waals surface area (Å²) in [6, 6.07) is 23.0. The Labute approximate surface area is 294 Å². The molecule has 2 N–H and O–H groups in total. The quantitative estimate of drug-likeness (QED) is 0.168. The van der Waals surface area contributed by atoms with E-state index in [2.05, 4.69) is 72.9 Å². The highest BCUT2D eigenvalue weighted by molar-refractivity contribution is 8.00. The van der Waals surface area contributed by atoms with Gasteiger partial charge in [0.25, 0.3) is 0 Å². The molecule has 9 heteroatoms. The molecule has 4 bridgehead atoms. The van der Waals surface area contributed by atoms with E-state index in [1.165, 1.54) is 23.1 Å². The van der Waals surface area contributed by atoms with Crippen LogP contribution in [-0.2, 0) is 11.2 Å². The molecule has 0 amide bonds. The molecule has 2 aromatic carbocycles. The van der Waals surface area contributed by atoms with Crippen molar-refractivity contribution >= 4 is 40.2 Å².